The first-order valence-electron chi connectivity index (χ1n) is 2.99. The van der Waals surface area contributed by atoms with Crippen LogP contribution in [0.25, 0.3) is 0 Å². The van der Waals surface area contributed by atoms with E-state index in [2.05, 4.69) is 4.74 Å². The van der Waals surface area contributed by atoms with Gasteiger partial charge in [-0.3, -0.25) is 0 Å². The Labute approximate surface area is 65.2 Å². The molecule has 7 heteroatoms. The average molecular weight is 184 g/mol. The van der Waals surface area contributed by atoms with E-state index in [0.717, 1.165) is 0 Å². The molecule has 1 aliphatic heterocycles. The van der Waals surface area contributed by atoms with Crippen LogP contribution in [0.3, 0.4) is 0 Å². The van der Waals surface area contributed by atoms with Crippen molar-refractivity contribution in [2.75, 3.05) is 6.61 Å². The summed E-state index contributed by atoms with van der Waals surface area (Å²) in [5.74, 6) is -9.05. The Balaban J connectivity index is 2.79. The summed E-state index contributed by atoms with van der Waals surface area (Å²) in [6.07, 6.45) is -2.42. The van der Waals surface area contributed by atoms with Crippen LogP contribution < -0.4 is 0 Å². The van der Waals surface area contributed by atoms with Gasteiger partial charge in [0, 0.05) is 0 Å². The molecular weight excluding hydrogens is 178 g/mol. The molecule has 1 aliphatic rings. The van der Waals surface area contributed by atoms with E-state index >= 15 is 0 Å². The lowest BCUT2D eigenvalue weighted by Gasteiger charge is -2.21. The van der Waals surface area contributed by atoms with Gasteiger partial charge >= 0.3 is 17.7 Å². The maximum Gasteiger partial charge on any atom is 0.409 e. The Bertz CT molecular complexity index is 218. The first-order chi connectivity index (χ1) is 5.36. The molecule has 0 bridgehead atoms. The van der Waals surface area contributed by atoms with Gasteiger partial charge in [0.25, 0.3) is 0 Å². The second-order valence-electron chi connectivity index (χ2n) is 2.36. The van der Waals surface area contributed by atoms with Crippen molar-refractivity contribution in [1.29, 1.82) is 0 Å². The number of carbonyl (C=O) groups excluding carboxylic acids is 1. The fourth-order valence-electron chi connectivity index (χ4n) is 0.652. The van der Waals surface area contributed by atoms with E-state index in [1.54, 1.807) is 0 Å². The zero-order valence-corrected chi connectivity index (χ0v) is 5.70. The molecule has 1 fully saturated rings. The number of alkyl halides is 2. The third-order valence-electron chi connectivity index (χ3n) is 1.52. The van der Waals surface area contributed by atoms with Crippen molar-refractivity contribution in [2.24, 2.45) is 0 Å². The lowest BCUT2D eigenvalue weighted by Crippen LogP contribution is -2.51. The van der Waals surface area contributed by atoms with Crippen LogP contribution in [0.5, 0.6) is 0 Å². The summed E-state index contributed by atoms with van der Waals surface area (Å²) in [5.41, 5.74) is 0. The zero-order valence-electron chi connectivity index (χ0n) is 5.70. The molecule has 70 valence electrons. The highest BCUT2D eigenvalue weighted by molar-refractivity contribution is 5.92. The molecule has 0 spiro atoms. The quantitative estimate of drug-likeness (QED) is 0.451. The van der Waals surface area contributed by atoms with Crippen LogP contribution in [0.2, 0.25) is 0 Å². The number of rotatable bonds is 3. The Kier molecular flexibility index (Phi) is 1.82. The van der Waals surface area contributed by atoms with Gasteiger partial charge in [-0.15, -0.1) is 0 Å². The standard InChI is InChI=1S/C5H6F2O5/c6-4(11,2(9)1-8)5(7)3(10)12-5/h2,8-9,11H,1H2/t2-,4-,5-/m1/s1. The van der Waals surface area contributed by atoms with E-state index in [1.165, 1.54) is 0 Å². The number of aliphatic hydroxyl groups excluding tert-OH is 2. The zero-order chi connectivity index (χ0) is 9.57. The van der Waals surface area contributed by atoms with Gasteiger partial charge in [-0.05, 0) is 0 Å². The third kappa shape index (κ3) is 0.977. The van der Waals surface area contributed by atoms with Gasteiger partial charge in [-0.25, -0.2) is 9.18 Å². The predicted molar refractivity (Wildman–Crippen MR) is 29.1 cm³/mol. The molecule has 0 aromatic heterocycles. The summed E-state index contributed by atoms with van der Waals surface area (Å²) in [4.78, 5) is 10.1. The van der Waals surface area contributed by atoms with Gasteiger partial charge in [-0.2, -0.15) is 4.39 Å². The largest absolute Gasteiger partial charge is 0.409 e. The SMILES string of the molecule is O=C1O[C@@]1(F)[C@@](O)(F)[C@H](O)CO. The highest BCUT2D eigenvalue weighted by Gasteiger charge is 2.77. The van der Waals surface area contributed by atoms with E-state index in [0.29, 0.717) is 0 Å². The van der Waals surface area contributed by atoms with E-state index in [4.69, 9.17) is 15.3 Å². The molecule has 12 heavy (non-hydrogen) atoms. The molecule has 0 saturated carbocycles. The summed E-state index contributed by atoms with van der Waals surface area (Å²) in [7, 11) is 0. The van der Waals surface area contributed by atoms with E-state index in [9.17, 15) is 13.6 Å². The van der Waals surface area contributed by atoms with Crippen molar-refractivity contribution < 1.29 is 33.6 Å². The first-order valence-corrected chi connectivity index (χ1v) is 2.99. The molecule has 0 unspecified atom stereocenters. The van der Waals surface area contributed by atoms with Gasteiger partial charge < -0.3 is 20.1 Å². The molecule has 0 aromatic carbocycles. The number of epoxide rings is 1. The van der Waals surface area contributed by atoms with Gasteiger partial charge in [-0.1, -0.05) is 0 Å². The third-order valence-corrected chi connectivity index (χ3v) is 1.52. The topological polar surface area (TPSA) is 90.3 Å². The number of halogens is 2. The van der Waals surface area contributed by atoms with Crippen LogP contribution in [0.4, 0.5) is 8.78 Å². The van der Waals surface area contributed by atoms with Crippen LogP contribution in [-0.4, -0.2) is 45.7 Å². The highest BCUT2D eigenvalue weighted by Crippen LogP contribution is 2.44. The van der Waals surface area contributed by atoms with Crippen molar-refractivity contribution in [2.45, 2.75) is 17.8 Å². The van der Waals surface area contributed by atoms with Crippen LogP contribution in [0.1, 0.15) is 0 Å². The first kappa shape index (κ1) is 9.30. The molecule has 5 nitrogen and oxygen atoms in total. The molecule has 1 rings (SSSR count). The van der Waals surface area contributed by atoms with Gasteiger partial charge in [0.2, 0.25) is 0 Å². The number of ether oxygens (including phenoxy) is 1. The fraction of sp³-hybridized carbons (Fsp3) is 0.800. The molecule has 3 N–H and O–H groups in total. The Hall–Kier alpha value is -0.790. The van der Waals surface area contributed by atoms with E-state index < -0.39 is 30.4 Å². The lowest BCUT2D eigenvalue weighted by atomic mass is 10.1. The molecule has 0 aliphatic carbocycles. The lowest BCUT2D eigenvalue weighted by molar-refractivity contribution is -0.250. The highest BCUT2D eigenvalue weighted by atomic mass is 19.2. The molecule has 0 amide bonds. The molecule has 3 atom stereocenters. The van der Waals surface area contributed by atoms with Crippen molar-refractivity contribution in [1.82, 2.24) is 0 Å². The maximum absolute atomic E-state index is 12.7. The Morgan fingerprint density at radius 2 is 2.17 bits per heavy atom. The van der Waals surface area contributed by atoms with E-state index in [1.807, 2.05) is 0 Å². The second kappa shape index (κ2) is 2.35. The average Bonchev–Trinajstić information content (AvgIpc) is 2.60. The molecular formula is C5H6F2O5. The molecule has 1 heterocycles. The van der Waals surface area contributed by atoms with Crippen molar-refractivity contribution in [3.8, 4) is 0 Å². The maximum atomic E-state index is 12.7. The van der Waals surface area contributed by atoms with Gasteiger partial charge in [0.15, 0.2) is 0 Å². The number of carbonyl (C=O) groups is 1. The molecule has 1 saturated heterocycles. The van der Waals surface area contributed by atoms with Gasteiger partial charge in [0.1, 0.15) is 6.10 Å². The van der Waals surface area contributed by atoms with Crippen molar-refractivity contribution in [3.63, 3.8) is 0 Å². The molecule has 0 aromatic rings. The minimum Gasteiger partial charge on any atom is -0.408 e. The number of aliphatic hydroxyl groups is 3. The fourth-order valence-corrected chi connectivity index (χ4v) is 0.652. The number of cyclic esters (lactones) is 1. The Morgan fingerprint density at radius 1 is 1.75 bits per heavy atom. The summed E-state index contributed by atoms with van der Waals surface area (Å²) < 4.78 is 28.9. The molecule has 0 radical (unpaired) electrons. The summed E-state index contributed by atoms with van der Waals surface area (Å²) in [6, 6.07) is 0. The Morgan fingerprint density at radius 3 is 2.42 bits per heavy atom. The van der Waals surface area contributed by atoms with Crippen molar-refractivity contribution in [3.05, 3.63) is 0 Å². The monoisotopic (exact) mass is 184 g/mol. The second-order valence-corrected chi connectivity index (χ2v) is 2.36. The van der Waals surface area contributed by atoms with Crippen molar-refractivity contribution >= 4 is 5.97 Å². The van der Waals surface area contributed by atoms with Crippen LogP contribution in [0, 0.1) is 0 Å². The van der Waals surface area contributed by atoms with Crippen LogP contribution in [-0.2, 0) is 9.53 Å². The van der Waals surface area contributed by atoms with Gasteiger partial charge in [0.05, 0.1) is 6.61 Å². The summed E-state index contributed by atoms with van der Waals surface area (Å²) in [6.45, 7) is -1.23. The summed E-state index contributed by atoms with van der Waals surface area (Å²) >= 11 is 0. The number of hydrogen-bond acceptors (Lipinski definition) is 5. The van der Waals surface area contributed by atoms with Crippen LogP contribution >= 0.6 is 0 Å². The minimum atomic E-state index is -3.90. The minimum absolute atomic E-state index is 1.23. The summed E-state index contributed by atoms with van der Waals surface area (Å²) in [5, 5.41) is 25.3. The number of hydrogen-bond donors (Lipinski definition) is 3. The van der Waals surface area contributed by atoms with Crippen LogP contribution in [0.15, 0.2) is 0 Å². The smallest absolute Gasteiger partial charge is 0.408 e. The normalized spacial score (nSPS) is 35.2. The van der Waals surface area contributed by atoms with E-state index in [-0.39, 0.29) is 0 Å². The predicted octanol–water partition coefficient (Wildman–Crippen LogP) is -1.78.